The standard InChI is InChI=1S/C51H87N5O11/c1-14-15-16-18-38-19-21-39(22-20-38)40-31-56(53-52-40)24-17-23-55-25-26-63-48(60)36(6)45(66-42-29-50(8,61-12)46(59)37(7)65-42)35(5)47(51(9,62-13)28-32(2)43(57)33(3)30-55)67-49-44(58)41(54(10)11)27-34(4)64-49/h19-22,31-37,41-47,49,57-59H,14-18,23-30H2,1-13H3/t32-,33-,34+,35+,36-,37+,41-,42+,43+,44+,45+,46+,47-,49-,50-,51-/m1/s1. The Balaban J connectivity index is 1.40. The first-order valence-electron chi connectivity index (χ1n) is 25.0. The first kappa shape index (κ1) is 55.3. The highest BCUT2D eigenvalue weighted by Gasteiger charge is 2.52. The van der Waals surface area contributed by atoms with Crippen LogP contribution in [-0.2, 0) is 50.9 Å². The zero-order valence-corrected chi connectivity index (χ0v) is 43.0. The van der Waals surface area contributed by atoms with E-state index in [1.807, 2.05) is 64.5 Å². The highest BCUT2D eigenvalue weighted by molar-refractivity contribution is 5.72. The molecule has 1 aromatic heterocycles. The quantitative estimate of drug-likeness (QED) is 0.137. The van der Waals surface area contributed by atoms with E-state index < -0.39 is 78.2 Å². The van der Waals surface area contributed by atoms with Crippen molar-refractivity contribution in [2.75, 3.05) is 54.6 Å². The smallest absolute Gasteiger partial charge is 0.311 e. The number of aromatic nitrogens is 3. The number of carbonyl (C=O) groups excluding carboxylic acids is 1. The van der Waals surface area contributed by atoms with Crippen LogP contribution in [-0.4, -0.2) is 173 Å². The lowest BCUT2D eigenvalue weighted by Crippen LogP contribution is -2.61. The maximum Gasteiger partial charge on any atom is 0.311 e. The van der Waals surface area contributed by atoms with E-state index in [0.717, 1.165) is 24.1 Å². The SMILES string of the molecule is CCCCCc1ccc(-c2cn(CCCN3CCOC(=O)[C@H](C)[C@@H](O[C@H]4C[C@@](C)(OC)[C@@H](O)[C@H](C)O4)[C@H](C)[C@@H](O[C@H]4O[C@@H](C)C[C@@H](N(C)C)[C@@H]4O)[C@](C)(OC)C[C@@H](C)[C@H](O)[C@H](C)C3)nn2)cc1. The number of hydrogen-bond acceptors (Lipinski definition) is 15. The largest absolute Gasteiger partial charge is 0.464 e. The number of aryl methyl sites for hydroxylation is 2. The average molecular weight is 946 g/mol. The molecule has 67 heavy (non-hydrogen) atoms. The predicted octanol–water partition coefficient (Wildman–Crippen LogP) is 5.72. The van der Waals surface area contributed by atoms with Crippen molar-refractivity contribution in [2.24, 2.45) is 23.7 Å². The van der Waals surface area contributed by atoms with E-state index in [0.29, 0.717) is 39.0 Å². The van der Waals surface area contributed by atoms with Gasteiger partial charge in [-0.2, -0.15) is 0 Å². The third kappa shape index (κ3) is 14.3. The number of rotatable bonds is 16. The third-order valence-corrected chi connectivity index (χ3v) is 15.1. The van der Waals surface area contributed by atoms with Crippen molar-refractivity contribution in [1.29, 1.82) is 0 Å². The van der Waals surface area contributed by atoms with Crippen LogP contribution in [0.5, 0.6) is 0 Å². The van der Waals surface area contributed by atoms with Gasteiger partial charge in [0, 0.05) is 64.3 Å². The maximum atomic E-state index is 14.3. The number of nitrogens with zero attached hydrogens (tertiary/aromatic N) is 5. The van der Waals surface area contributed by atoms with Crippen LogP contribution in [0.1, 0.15) is 113 Å². The molecule has 1 aromatic carbocycles. The Hall–Kier alpha value is -2.61. The van der Waals surface area contributed by atoms with Gasteiger partial charge in [-0.25, -0.2) is 0 Å². The number of aliphatic hydroxyl groups excluding tert-OH is 3. The molecule has 3 fully saturated rings. The summed E-state index contributed by atoms with van der Waals surface area (Å²) in [5.74, 6) is -2.31. The molecule has 0 unspecified atom stereocenters. The molecule has 3 aliphatic rings. The molecule has 0 aliphatic carbocycles. The number of methoxy groups -OCH3 is 2. The summed E-state index contributed by atoms with van der Waals surface area (Å²) in [6.07, 6.45) is 1.51. The van der Waals surface area contributed by atoms with Gasteiger partial charge in [-0.3, -0.25) is 14.4 Å². The lowest BCUT2D eigenvalue weighted by molar-refractivity contribution is -0.319. The van der Waals surface area contributed by atoms with Crippen LogP contribution in [0.15, 0.2) is 30.5 Å². The fourth-order valence-corrected chi connectivity index (χ4v) is 10.7. The lowest BCUT2D eigenvalue weighted by atomic mass is 9.75. The highest BCUT2D eigenvalue weighted by Crippen LogP contribution is 2.41. The van der Waals surface area contributed by atoms with Crippen LogP contribution in [0, 0.1) is 23.7 Å². The number of benzene rings is 1. The molecule has 0 radical (unpaired) electrons. The Labute approximate surface area is 401 Å². The summed E-state index contributed by atoms with van der Waals surface area (Å²) >= 11 is 0. The number of unbranched alkanes of at least 4 members (excludes halogenated alkanes) is 2. The molecule has 0 spiro atoms. The molecule has 3 aliphatic heterocycles. The van der Waals surface area contributed by atoms with Gasteiger partial charge in [-0.1, -0.05) is 70.0 Å². The minimum absolute atomic E-state index is 0.122. The van der Waals surface area contributed by atoms with Crippen LogP contribution in [0.4, 0.5) is 0 Å². The van der Waals surface area contributed by atoms with Crippen molar-refractivity contribution in [3.8, 4) is 11.3 Å². The molecule has 3 saturated heterocycles. The first-order valence-corrected chi connectivity index (χ1v) is 25.0. The van der Waals surface area contributed by atoms with Gasteiger partial charge in [-0.15, -0.1) is 5.10 Å². The summed E-state index contributed by atoms with van der Waals surface area (Å²) in [4.78, 5) is 18.6. The molecule has 16 heteroatoms. The van der Waals surface area contributed by atoms with E-state index in [1.165, 1.54) is 24.8 Å². The van der Waals surface area contributed by atoms with E-state index in [4.69, 9.17) is 33.2 Å². The van der Waals surface area contributed by atoms with Gasteiger partial charge in [-0.05, 0) is 98.2 Å². The first-order chi connectivity index (χ1) is 31.7. The molecule has 4 heterocycles. The van der Waals surface area contributed by atoms with Gasteiger partial charge < -0.3 is 53.4 Å². The Morgan fingerprint density at radius 2 is 1.57 bits per heavy atom. The number of cyclic esters (lactones) is 1. The summed E-state index contributed by atoms with van der Waals surface area (Å²) in [7, 11) is 7.03. The summed E-state index contributed by atoms with van der Waals surface area (Å²) in [6.45, 7) is 20.0. The second-order valence-electron chi connectivity index (χ2n) is 20.8. The molecule has 3 N–H and O–H groups in total. The van der Waals surface area contributed by atoms with Crippen molar-refractivity contribution < 1.29 is 53.3 Å². The predicted molar refractivity (Wildman–Crippen MR) is 256 cm³/mol. The van der Waals surface area contributed by atoms with E-state index in [1.54, 1.807) is 28.1 Å². The molecule has 16 atom stereocenters. The average Bonchev–Trinajstić information content (AvgIpc) is 3.77. The molecule has 0 bridgehead atoms. The van der Waals surface area contributed by atoms with Crippen LogP contribution in [0.2, 0.25) is 0 Å². The van der Waals surface area contributed by atoms with Crippen LogP contribution < -0.4 is 0 Å². The second kappa shape index (κ2) is 25.0. The second-order valence-corrected chi connectivity index (χ2v) is 20.8. The topological polar surface area (TPSA) is 180 Å². The molecular formula is C51H87N5O11. The molecule has 16 nitrogen and oxygen atoms in total. The fourth-order valence-electron chi connectivity index (χ4n) is 10.7. The number of carbonyl (C=O) groups is 1. The summed E-state index contributed by atoms with van der Waals surface area (Å²) < 4.78 is 46.8. The molecule has 0 saturated carbocycles. The van der Waals surface area contributed by atoms with Gasteiger partial charge in [0.25, 0.3) is 0 Å². The van der Waals surface area contributed by atoms with Crippen molar-refractivity contribution in [1.82, 2.24) is 24.8 Å². The maximum absolute atomic E-state index is 14.3. The van der Waals surface area contributed by atoms with Gasteiger partial charge in [0.1, 0.15) is 24.5 Å². The monoisotopic (exact) mass is 946 g/mol. The highest BCUT2D eigenvalue weighted by atomic mass is 16.7. The molecule has 5 rings (SSSR count). The number of esters is 1. The van der Waals surface area contributed by atoms with Gasteiger partial charge in [0.15, 0.2) is 12.6 Å². The summed E-state index contributed by atoms with van der Waals surface area (Å²) in [5.41, 5.74) is 1.13. The zero-order valence-electron chi connectivity index (χ0n) is 43.0. The van der Waals surface area contributed by atoms with E-state index in [9.17, 15) is 20.1 Å². The van der Waals surface area contributed by atoms with Gasteiger partial charge in [0.05, 0.1) is 53.8 Å². The molecule has 0 amide bonds. The third-order valence-electron chi connectivity index (χ3n) is 15.1. The Bertz CT molecular complexity index is 1790. The number of aliphatic hydroxyl groups is 3. The van der Waals surface area contributed by atoms with Crippen molar-refractivity contribution in [2.45, 2.75) is 193 Å². The van der Waals surface area contributed by atoms with Crippen LogP contribution in [0.3, 0.4) is 0 Å². The normalized spacial score (nSPS) is 37.8. The summed E-state index contributed by atoms with van der Waals surface area (Å²) in [5, 5.41) is 43.8. The van der Waals surface area contributed by atoms with E-state index >= 15 is 0 Å². The zero-order chi connectivity index (χ0) is 49.2. The van der Waals surface area contributed by atoms with E-state index in [2.05, 4.69) is 53.3 Å². The van der Waals surface area contributed by atoms with E-state index in [-0.39, 0.29) is 37.0 Å². The number of ether oxygens (including phenoxy) is 7. The molecule has 382 valence electrons. The Kier molecular flexibility index (Phi) is 20.6. The minimum atomic E-state index is -1.09. The van der Waals surface area contributed by atoms with Crippen molar-refractivity contribution in [3.05, 3.63) is 36.0 Å². The van der Waals surface area contributed by atoms with Gasteiger partial charge in [0.2, 0.25) is 0 Å². The van der Waals surface area contributed by atoms with Crippen molar-refractivity contribution in [3.63, 3.8) is 0 Å². The molecular weight excluding hydrogens is 859 g/mol. The fraction of sp³-hybridized carbons (Fsp3) is 0.824. The minimum Gasteiger partial charge on any atom is -0.464 e. The summed E-state index contributed by atoms with van der Waals surface area (Å²) in [6, 6.07) is 8.36. The van der Waals surface area contributed by atoms with Gasteiger partial charge >= 0.3 is 5.97 Å². The molecule has 2 aromatic rings. The Morgan fingerprint density at radius 1 is 0.866 bits per heavy atom. The number of hydrogen-bond donors (Lipinski definition) is 3. The van der Waals surface area contributed by atoms with Crippen molar-refractivity contribution >= 4 is 5.97 Å². The Morgan fingerprint density at radius 3 is 2.22 bits per heavy atom. The van der Waals surface area contributed by atoms with Crippen LogP contribution >= 0.6 is 0 Å². The lowest BCUT2D eigenvalue weighted by Gasteiger charge is -2.49. The number of likely N-dealkylation sites (N-methyl/N-ethyl adjacent to an activating group) is 1. The van der Waals surface area contributed by atoms with Crippen LogP contribution in [0.25, 0.3) is 11.3 Å².